The maximum atomic E-state index is 5.36. The quantitative estimate of drug-likeness (QED) is 0.659. The lowest BCUT2D eigenvalue weighted by atomic mass is 10.3. The first-order chi connectivity index (χ1) is 6.84. The van der Waals surface area contributed by atoms with Crippen molar-refractivity contribution in [1.82, 2.24) is 0 Å². The Bertz CT molecular complexity index is 429. The van der Waals surface area contributed by atoms with Gasteiger partial charge in [-0.25, -0.2) is 0 Å². The molecule has 0 bridgehead atoms. The van der Waals surface area contributed by atoms with Crippen LogP contribution in [0.1, 0.15) is 11.5 Å². The fraction of sp³-hybridized carbons (Fsp3) is 0.0833. The van der Waals surface area contributed by atoms with E-state index in [1.165, 1.54) is 0 Å². The van der Waals surface area contributed by atoms with Crippen molar-refractivity contribution in [1.29, 1.82) is 0 Å². The van der Waals surface area contributed by atoms with Gasteiger partial charge in [0.05, 0.1) is 11.9 Å². The Labute approximate surface area is 82.9 Å². The van der Waals surface area contributed by atoms with Crippen LogP contribution in [0, 0.1) is 6.92 Å². The van der Waals surface area contributed by atoms with Crippen LogP contribution in [0.2, 0.25) is 0 Å². The highest BCUT2D eigenvalue weighted by Crippen LogP contribution is 2.10. The first-order valence-electron chi connectivity index (χ1n) is 4.50. The molecule has 2 aromatic rings. The van der Waals surface area contributed by atoms with Crippen LogP contribution < -0.4 is 0 Å². The second kappa shape index (κ2) is 3.92. The Morgan fingerprint density at radius 2 is 1.86 bits per heavy atom. The maximum absolute atomic E-state index is 5.36. The predicted octanol–water partition coefficient (Wildman–Crippen LogP) is 3.34. The molecule has 0 aliphatic carbocycles. The summed E-state index contributed by atoms with van der Waals surface area (Å²) in [6.07, 6.45) is 1.72. The van der Waals surface area contributed by atoms with Crippen molar-refractivity contribution in [3.63, 3.8) is 0 Å². The zero-order valence-corrected chi connectivity index (χ0v) is 7.97. The molecule has 0 aliphatic rings. The van der Waals surface area contributed by atoms with Crippen molar-refractivity contribution < 1.29 is 4.42 Å². The zero-order chi connectivity index (χ0) is 9.80. The van der Waals surface area contributed by atoms with Crippen molar-refractivity contribution in [3.8, 4) is 0 Å². The molecule has 0 saturated heterocycles. The van der Waals surface area contributed by atoms with Gasteiger partial charge in [-0.05, 0) is 31.2 Å². The topological polar surface area (TPSA) is 25.5 Å². The standard InChI is InChI=1S/C12H11NO/c1-10-7-8-12(14-10)9-13-11-5-3-2-4-6-11/h2-9H,1H3. The maximum Gasteiger partial charge on any atom is 0.145 e. The second-order valence-corrected chi connectivity index (χ2v) is 3.04. The van der Waals surface area contributed by atoms with Crippen LogP contribution in [0.25, 0.3) is 0 Å². The van der Waals surface area contributed by atoms with Crippen LogP contribution in [0.5, 0.6) is 0 Å². The Morgan fingerprint density at radius 1 is 1.07 bits per heavy atom. The molecule has 0 aliphatic heterocycles. The van der Waals surface area contributed by atoms with E-state index in [1.54, 1.807) is 6.21 Å². The van der Waals surface area contributed by atoms with Crippen molar-refractivity contribution in [3.05, 3.63) is 54.0 Å². The minimum atomic E-state index is 0.784. The lowest BCUT2D eigenvalue weighted by Crippen LogP contribution is -1.73. The van der Waals surface area contributed by atoms with Crippen LogP contribution >= 0.6 is 0 Å². The molecule has 0 amide bonds. The van der Waals surface area contributed by atoms with Gasteiger partial charge in [-0.3, -0.25) is 4.99 Å². The summed E-state index contributed by atoms with van der Waals surface area (Å²) in [5.74, 6) is 1.69. The third kappa shape index (κ3) is 2.10. The molecule has 0 spiro atoms. The van der Waals surface area contributed by atoms with Gasteiger partial charge in [0.15, 0.2) is 0 Å². The summed E-state index contributed by atoms with van der Waals surface area (Å²) >= 11 is 0. The average molecular weight is 185 g/mol. The normalized spacial score (nSPS) is 10.9. The number of aliphatic imine (C=N–C) groups is 1. The highest BCUT2D eigenvalue weighted by molar-refractivity contribution is 5.78. The molecule has 70 valence electrons. The van der Waals surface area contributed by atoms with Gasteiger partial charge in [-0.1, -0.05) is 18.2 Å². The van der Waals surface area contributed by atoms with Crippen molar-refractivity contribution >= 4 is 11.9 Å². The number of rotatable bonds is 2. The predicted molar refractivity (Wildman–Crippen MR) is 57.1 cm³/mol. The summed E-state index contributed by atoms with van der Waals surface area (Å²) in [5.41, 5.74) is 0.932. The number of aryl methyl sites for hydroxylation is 1. The van der Waals surface area contributed by atoms with Crippen LogP contribution in [-0.4, -0.2) is 6.21 Å². The highest BCUT2D eigenvalue weighted by atomic mass is 16.3. The summed E-state index contributed by atoms with van der Waals surface area (Å²) in [7, 11) is 0. The molecular weight excluding hydrogens is 174 g/mol. The van der Waals surface area contributed by atoms with Gasteiger partial charge < -0.3 is 4.42 Å². The van der Waals surface area contributed by atoms with E-state index in [4.69, 9.17) is 4.42 Å². The summed E-state index contributed by atoms with van der Waals surface area (Å²) in [6.45, 7) is 1.92. The van der Waals surface area contributed by atoms with Crippen molar-refractivity contribution in [2.45, 2.75) is 6.92 Å². The molecule has 1 aromatic heterocycles. The number of nitrogens with zero attached hydrogens (tertiary/aromatic N) is 1. The molecule has 0 unspecified atom stereocenters. The molecule has 1 heterocycles. The summed E-state index contributed by atoms with van der Waals surface area (Å²) in [6, 6.07) is 13.6. The fourth-order valence-electron chi connectivity index (χ4n) is 1.18. The van der Waals surface area contributed by atoms with Crippen LogP contribution in [0.15, 0.2) is 51.9 Å². The van der Waals surface area contributed by atoms with Gasteiger partial charge in [0.1, 0.15) is 11.5 Å². The number of furan rings is 1. The molecule has 0 saturated carbocycles. The van der Waals surface area contributed by atoms with Crippen LogP contribution in [-0.2, 0) is 0 Å². The number of hydrogen-bond donors (Lipinski definition) is 0. The summed E-state index contributed by atoms with van der Waals surface area (Å²) in [4.78, 5) is 4.27. The Kier molecular flexibility index (Phi) is 2.45. The minimum Gasteiger partial charge on any atom is -0.460 e. The van der Waals surface area contributed by atoms with Gasteiger partial charge >= 0.3 is 0 Å². The largest absolute Gasteiger partial charge is 0.460 e. The third-order valence-electron chi connectivity index (χ3n) is 1.86. The smallest absolute Gasteiger partial charge is 0.145 e. The molecular formula is C12H11NO. The zero-order valence-electron chi connectivity index (χ0n) is 7.97. The molecule has 0 atom stereocenters. The average Bonchev–Trinajstić information content (AvgIpc) is 2.63. The van der Waals surface area contributed by atoms with Crippen LogP contribution in [0.3, 0.4) is 0 Å². The fourth-order valence-corrected chi connectivity index (χ4v) is 1.18. The highest BCUT2D eigenvalue weighted by Gasteiger charge is 1.92. The van der Waals surface area contributed by atoms with E-state index in [1.807, 2.05) is 49.4 Å². The molecule has 0 N–H and O–H groups in total. The molecule has 2 heteroatoms. The summed E-state index contributed by atoms with van der Waals surface area (Å²) in [5, 5.41) is 0. The van der Waals surface area contributed by atoms with E-state index in [0.29, 0.717) is 0 Å². The van der Waals surface area contributed by atoms with E-state index >= 15 is 0 Å². The van der Waals surface area contributed by atoms with Gasteiger partial charge in [0.2, 0.25) is 0 Å². The first kappa shape index (κ1) is 8.75. The van der Waals surface area contributed by atoms with E-state index in [2.05, 4.69) is 4.99 Å². The van der Waals surface area contributed by atoms with Crippen LogP contribution in [0.4, 0.5) is 5.69 Å². The van der Waals surface area contributed by atoms with Gasteiger partial charge in [-0.2, -0.15) is 0 Å². The molecule has 2 nitrogen and oxygen atoms in total. The molecule has 1 aromatic carbocycles. The SMILES string of the molecule is Cc1ccc(C=Nc2ccccc2)o1. The Hall–Kier alpha value is -1.83. The number of para-hydroxylation sites is 1. The third-order valence-corrected chi connectivity index (χ3v) is 1.86. The van der Waals surface area contributed by atoms with E-state index < -0.39 is 0 Å². The Balaban J connectivity index is 2.15. The summed E-state index contributed by atoms with van der Waals surface area (Å²) < 4.78 is 5.36. The second-order valence-electron chi connectivity index (χ2n) is 3.04. The first-order valence-corrected chi connectivity index (χ1v) is 4.50. The van der Waals surface area contributed by atoms with Gasteiger partial charge in [-0.15, -0.1) is 0 Å². The lowest BCUT2D eigenvalue weighted by Gasteiger charge is -1.89. The van der Waals surface area contributed by atoms with E-state index in [-0.39, 0.29) is 0 Å². The molecule has 2 rings (SSSR count). The van der Waals surface area contributed by atoms with Crippen molar-refractivity contribution in [2.24, 2.45) is 4.99 Å². The monoisotopic (exact) mass is 185 g/mol. The minimum absolute atomic E-state index is 0.784. The Morgan fingerprint density at radius 3 is 2.50 bits per heavy atom. The molecule has 14 heavy (non-hydrogen) atoms. The number of benzene rings is 1. The number of hydrogen-bond acceptors (Lipinski definition) is 2. The molecule has 0 radical (unpaired) electrons. The van der Waals surface area contributed by atoms with Gasteiger partial charge in [0.25, 0.3) is 0 Å². The lowest BCUT2D eigenvalue weighted by molar-refractivity contribution is 0.528. The van der Waals surface area contributed by atoms with Crippen molar-refractivity contribution in [2.75, 3.05) is 0 Å². The van der Waals surface area contributed by atoms with Gasteiger partial charge in [0, 0.05) is 0 Å². The van der Waals surface area contributed by atoms with E-state index in [0.717, 1.165) is 17.2 Å². The molecule has 0 fully saturated rings. The van der Waals surface area contributed by atoms with E-state index in [9.17, 15) is 0 Å².